The van der Waals surface area contributed by atoms with Crippen molar-refractivity contribution in [2.45, 2.75) is 46.1 Å². The zero-order valence-corrected chi connectivity index (χ0v) is 10.2. The second kappa shape index (κ2) is 6.11. The molecule has 1 aliphatic rings. The topological polar surface area (TPSA) is 29.5 Å². The third kappa shape index (κ3) is 3.82. The highest BCUT2D eigenvalue weighted by Crippen LogP contribution is 2.15. The van der Waals surface area contributed by atoms with Crippen LogP contribution in [-0.2, 0) is 9.53 Å². The summed E-state index contributed by atoms with van der Waals surface area (Å²) in [5.41, 5.74) is 0. The monoisotopic (exact) mass is 213 g/mol. The van der Waals surface area contributed by atoms with E-state index >= 15 is 0 Å². The molecule has 1 amide bonds. The van der Waals surface area contributed by atoms with Gasteiger partial charge in [-0.15, -0.1) is 0 Å². The van der Waals surface area contributed by atoms with Crippen LogP contribution in [0.1, 0.15) is 40.0 Å². The lowest BCUT2D eigenvalue weighted by molar-refractivity contribution is -0.140. The molecule has 3 nitrogen and oxygen atoms in total. The number of amides is 1. The summed E-state index contributed by atoms with van der Waals surface area (Å²) < 4.78 is 5.41. The van der Waals surface area contributed by atoms with Crippen molar-refractivity contribution >= 4 is 5.91 Å². The quantitative estimate of drug-likeness (QED) is 0.699. The first-order valence-corrected chi connectivity index (χ1v) is 6.05. The fourth-order valence-corrected chi connectivity index (χ4v) is 1.81. The van der Waals surface area contributed by atoms with E-state index in [1.54, 1.807) is 0 Å². The van der Waals surface area contributed by atoms with E-state index < -0.39 is 0 Å². The first-order chi connectivity index (χ1) is 7.15. The predicted molar refractivity (Wildman–Crippen MR) is 60.7 cm³/mol. The lowest BCUT2D eigenvalue weighted by Crippen LogP contribution is -2.39. The van der Waals surface area contributed by atoms with E-state index in [4.69, 9.17) is 4.74 Å². The summed E-state index contributed by atoms with van der Waals surface area (Å²) in [6.07, 6.45) is 2.85. The number of carbonyl (C=O) groups is 1. The van der Waals surface area contributed by atoms with Gasteiger partial charge in [-0.2, -0.15) is 0 Å². The number of hydrogen-bond acceptors (Lipinski definition) is 2. The van der Waals surface area contributed by atoms with Crippen LogP contribution in [-0.4, -0.2) is 36.6 Å². The van der Waals surface area contributed by atoms with Crippen LogP contribution < -0.4 is 0 Å². The van der Waals surface area contributed by atoms with Crippen LogP contribution in [0.25, 0.3) is 0 Å². The average Bonchev–Trinajstić information content (AvgIpc) is 2.70. The van der Waals surface area contributed by atoms with Crippen LogP contribution in [0.15, 0.2) is 0 Å². The number of nitrogens with zero attached hydrogens (tertiary/aromatic N) is 1. The fraction of sp³-hybridized carbons (Fsp3) is 0.917. The van der Waals surface area contributed by atoms with Crippen molar-refractivity contribution in [3.8, 4) is 0 Å². The van der Waals surface area contributed by atoms with E-state index in [-0.39, 0.29) is 12.0 Å². The molecule has 0 spiro atoms. The zero-order valence-electron chi connectivity index (χ0n) is 10.2. The molecule has 1 rings (SSSR count). The van der Waals surface area contributed by atoms with E-state index in [1.807, 2.05) is 11.8 Å². The third-order valence-electron chi connectivity index (χ3n) is 2.87. The van der Waals surface area contributed by atoms with E-state index in [9.17, 15) is 4.79 Å². The van der Waals surface area contributed by atoms with Crippen molar-refractivity contribution in [2.75, 3.05) is 19.7 Å². The smallest absolute Gasteiger partial charge is 0.251 e. The molecule has 0 aromatic carbocycles. The summed E-state index contributed by atoms with van der Waals surface area (Å²) in [6.45, 7) is 8.82. The van der Waals surface area contributed by atoms with Gasteiger partial charge in [0, 0.05) is 19.7 Å². The molecule has 1 heterocycles. The molecule has 0 aromatic heterocycles. The molecule has 0 bridgehead atoms. The van der Waals surface area contributed by atoms with Crippen molar-refractivity contribution in [3.05, 3.63) is 0 Å². The molecular weight excluding hydrogens is 190 g/mol. The fourth-order valence-electron chi connectivity index (χ4n) is 1.81. The minimum atomic E-state index is -0.155. The highest BCUT2D eigenvalue weighted by molar-refractivity contribution is 5.81. The zero-order chi connectivity index (χ0) is 11.3. The second-order valence-corrected chi connectivity index (χ2v) is 4.60. The Balaban J connectivity index is 2.38. The minimum Gasteiger partial charge on any atom is -0.368 e. The van der Waals surface area contributed by atoms with Gasteiger partial charge in [0.2, 0.25) is 0 Å². The normalized spacial score (nSPS) is 20.9. The van der Waals surface area contributed by atoms with E-state index in [0.29, 0.717) is 5.92 Å². The van der Waals surface area contributed by atoms with E-state index in [0.717, 1.165) is 39.0 Å². The van der Waals surface area contributed by atoms with Crippen LogP contribution in [0.4, 0.5) is 0 Å². The van der Waals surface area contributed by atoms with Gasteiger partial charge in [0.15, 0.2) is 0 Å². The summed E-state index contributed by atoms with van der Waals surface area (Å²) in [7, 11) is 0. The van der Waals surface area contributed by atoms with Gasteiger partial charge in [0.05, 0.1) is 0 Å². The van der Waals surface area contributed by atoms with Crippen molar-refractivity contribution < 1.29 is 9.53 Å². The Bertz CT molecular complexity index is 198. The maximum atomic E-state index is 12.0. The van der Waals surface area contributed by atoms with Gasteiger partial charge in [0.25, 0.3) is 5.91 Å². The largest absolute Gasteiger partial charge is 0.368 e. The summed E-state index contributed by atoms with van der Waals surface area (Å²) >= 11 is 0. The molecule has 0 aliphatic carbocycles. The molecule has 1 atom stereocenters. The number of carbonyl (C=O) groups excluding carboxylic acids is 1. The van der Waals surface area contributed by atoms with Crippen molar-refractivity contribution in [2.24, 2.45) is 5.92 Å². The molecule has 1 saturated heterocycles. The van der Waals surface area contributed by atoms with Crippen LogP contribution in [0.2, 0.25) is 0 Å². The molecule has 1 fully saturated rings. The van der Waals surface area contributed by atoms with Gasteiger partial charge in [-0.3, -0.25) is 4.79 Å². The standard InChI is InChI=1S/C12H23NO2/c1-4-13(8-7-10(2)3)12(14)11-6-5-9-15-11/h10-11H,4-9H2,1-3H3/t11-/m1/s1. The Morgan fingerprint density at radius 3 is 2.73 bits per heavy atom. The summed E-state index contributed by atoms with van der Waals surface area (Å²) in [5.74, 6) is 0.840. The van der Waals surface area contributed by atoms with Gasteiger partial charge < -0.3 is 9.64 Å². The van der Waals surface area contributed by atoms with Crippen LogP contribution in [0.3, 0.4) is 0 Å². The highest BCUT2D eigenvalue weighted by Gasteiger charge is 2.27. The molecule has 3 heteroatoms. The van der Waals surface area contributed by atoms with Gasteiger partial charge >= 0.3 is 0 Å². The Kier molecular flexibility index (Phi) is 5.09. The molecule has 0 saturated carbocycles. The lowest BCUT2D eigenvalue weighted by Gasteiger charge is -2.24. The lowest BCUT2D eigenvalue weighted by atomic mass is 10.1. The minimum absolute atomic E-state index is 0.155. The van der Waals surface area contributed by atoms with Crippen molar-refractivity contribution in [3.63, 3.8) is 0 Å². The maximum Gasteiger partial charge on any atom is 0.251 e. The van der Waals surface area contributed by atoms with Gasteiger partial charge in [0.1, 0.15) is 6.10 Å². The Morgan fingerprint density at radius 1 is 1.53 bits per heavy atom. The summed E-state index contributed by atoms with van der Waals surface area (Å²) in [4.78, 5) is 13.9. The van der Waals surface area contributed by atoms with Crippen molar-refractivity contribution in [1.82, 2.24) is 4.90 Å². The average molecular weight is 213 g/mol. The van der Waals surface area contributed by atoms with Crippen molar-refractivity contribution in [1.29, 1.82) is 0 Å². The first-order valence-electron chi connectivity index (χ1n) is 6.05. The van der Waals surface area contributed by atoms with Crippen LogP contribution >= 0.6 is 0 Å². The highest BCUT2D eigenvalue weighted by atomic mass is 16.5. The number of hydrogen-bond donors (Lipinski definition) is 0. The first kappa shape index (κ1) is 12.5. The molecule has 0 radical (unpaired) electrons. The number of ether oxygens (including phenoxy) is 1. The third-order valence-corrected chi connectivity index (χ3v) is 2.87. The Labute approximate surface area is 92.8 Å². The van der Waals surface area contributed by atoms with Gasteiger partial charge in [-0.1, -0.05) is 13.8 Å². The van der Waals surface area contributed by atoms with Gasteiger partial charge in [-0.25, -0.2) is 0 Å². The SMILES string of the molecule is CCN(CCC(C)C)C(=O)[C@H]1CCCO1. The van der Waals surface area contributed by atoms with E-state index in [2.05, 4.69) is 13.8 Å². The number of likely N-dealkylation sites (N-methyl/N-ethyl adjacent to an activating group) is 1. The summed E-state index contributed by atoms with van der Waals surface area (Å²) in [6, 6.07) is 0. The molecule has 88 valence electrons. The van der Waals surface area contributed by atoms with E-state index in [1.165, 1.54) is 0 Å². The Hall–Kier alpha value is -0.570. The Morgan fingerprint density at radius 2 is 2.27 bits per heavy atom. The second-order valence-electron chi connectivity index (χ2n) is 4.60. The molecule has 0 unspecified atom stereocenters. The number of rotatable bonds is 5. The molecular formula is C12H23NO2. The molecule has 0 aromatic rings. The molecule has 0 N–H and O–H groups in total. The molecule has 15 heavy (non-hydrogen) atoms. The molecule has 1 aliphatic heterocycles. The van der Waals surface area contributed by atoms with Gasteiger partial charge in [-0.05, 0) is 32.1 Å². The van der Waals surface area contributed by atoms with Crippen LogP contribution in [0.5, 0.6) is 0 Å². The maximum absolute atomic E-state index is 12.0. The van der Waals surface area contributed by atoms with Crippen LogP contribution in [0, 0.1) is 5.92 Å². The summed E-state index contributed by atoms with van der Waals surface area (Å²) in [5, 5.41) is 0. The predicted octanol–water partition coefficient (Wildman–Crippen LogP) is 2.06.